The van der Waals surface area contributed by atoms with Gasteiger partial charge in [-0.15, -0.1) is 5.10 Å². The van der Waals surface area contributed by atoms with E-state index in [1.54, 1.807) is 0 Å². The Morgan fingerprint density at radius 3 is 2.50 bits per heavy atom. The Morgan fingerprint density at radius 2 is 1.95 bits per heavy atom. The Kier molecular flexibility index (Phi) is 5.09. The molecule has 2 rings (SSSR count). The van der Waals surface area contributed by atoms with Crippen LogP contribution in [0.4, 0.5) is 0 Å². The molecule has 20 heavy (non-hydrogen) atoms. The second kappa shape index (κ2) is 6.81. The molecule has 0 radical (unpaired) electrons. The highest BCUT2D eigenvalue weighted by Gasteiger charge is 2.18. The van der Waals surface area contributed by atoms with Crippen LogP contribution in [0.3, 0.4) is 0 Å². The van der Waals surface area contributed by atoms with E-state index in [2.05, 4.69) is 34.0 Å². The van der Waals surface area contributed by atoms with E-state index < -0.39 is 0 Å². The molecule has 2 aromatic rings. The van der Waals surface area contributed by atoms with Gasteiger partial charge in [0.2, 0.25) is 0 Å². The molecular formula is C15H21N3OS. The quantitative estimate of drug-likeness (QED) is 0.888. The summed E-state index contributed by atoms with van der Waals surface area (Å²) in [7, 11) is 1.96. The molecule has 0 aliphatic carbocycles. The minimum Gasteiger partial charge on any atom is -0.491 e. The maximum absolute atomic E-state index is 5.68. The highest BCUT2D eigenvalue weighted by atomic mass is 32.1. The van der Waals surface area contributed by atoms with E-state index in [-0.39, 0.29) is 12.1 Å². The highest BCUT2D eigenvalue weighted by Crippen LogP contribution is 2.28. The molecule has 0 saturated carbocycles. The molecule has 0 spiro atoms. The maximum Gasteiger partial charge on any atom is 0.119 e. The van der Waals surface area contributed by atoms with Crippen LogP contribution in [0.1, 0.15) is 42.9 Å². The van der Waals surface area contributed by atoms with Gasteiger partial charge >= 0.3 is 0 Å². The lowest BCUT2D eigenvalue weighted by Gasteiger charge is -2.16. The van der Waals surface area contributed by atoms with Crippen LogP contribution in [0.2, 0.25) is 0 Å². The Bertz CT molecular complexity index is 536. The predicted molar refractivity (Wildman–Crippen MR) is 82.4 cm³/mol. The first-order chi connectivity index (χ1) is 9.65. The number of rotatable bonds is 6. The molecule has 0 amide bonds. The molecule has 0 saturated heterocycles. The fraction of sp³-hybridized carbons (Fsp3) is 0.467. The van der Waals surface area contributed by atoms with Crippen LogP contribution in [-0.4, -0.2) is 22.7 Å². The molecular weight excluding hydrogens is 270 g/mol. The lowest BCUT2D eigenvalue weighted by Crippen LogP contribution is -2.18. The summed E-state index contributed by atoms with van der Waals surface area (Å²) < 4.78 is 9.75. The first kappa shape index (κ1) is 14.9. The van der Waals surface area contributed by atoms with Crippen molar-refractivity contribution in [2.75, 3.05) is 7.05 Å². The van der Waals surface area contributed by atoms with E-state index >= 15 is 0 Å². The zero-order valence-electron chi connectivity index (χ0n) is 12.4. The van der Waals surface area contributed by atoms with Crippen molar-refractivity contribution in [3.8, 4) is 5.75 Å². The first-order valence-electron chi connectivity index (χ1n) is 6.90. The largest absolute Gasteiger partial charge is 0.491 e. The van der Waals surface area contributed by atoms with Gasteiger partial charge in [-0.2, -0.15) is 0 Å². The van der Waals surface area contributed by atoms with Gasteiger partial charge in [0.1, 0.15) is 5.75 Å². The van der Waals surface area contributed by atoms with Crippen LogP contribution in [0.5, 0.6) is 5.75 Å². The van der Waals surface area contributed by atoms with Gasteiger partial charge in [-0.1, -0.05) is 23.5 Å². The molecule has 1 aromatic heterocycles. The summed E-state index contributed by atoms with van der Waals surface area (Å²) in [5, 5.41) is 7.54. The lowest BCUT2D eigenvalue weighted by atomic mass is 10.0. The Balaban J connectivity index is 2.24. The molecule has 1 N–H and O–H groups in total. The molecule has 1 aromatic carbocycles. The standard InChI is InChI=1S/C15H21N3OS/c1-5-13-15(20-18-17-13)14(16-4)11-6-8-12(9-7-11)19-10(2)3/h6-10,14,16H,5H2,1-4H3. The van der Waals surface area contributed by atoms with Gasteiger partial charge in [-0.3, -0.25) is 0 Å². The Labute approximate surface area is 124 Å². The third-order valence-corrected chi connectivity index (χ3v) is 3.89. The van der Waals surface area contributed by atoms with Crippen molar-refractivity contribution in [2.24, 2.45) is 0 Å². The van der Waals surface area contributed by atoms with Crippen LogP contribution >= 0.6 is 11.5 Å². The number of ether oxygens (including phenoxy) is 1. The number of aryl methyl sites for hydroxylation is 1. The zero-order valence-corrected chi connectivity index (χ0v) is 13.2. The second-order valence-electron chi connectivity index (χ2n) is 4.89. The number of hydrogen-bond donors (Lipinski definition) is 1. The van der Waals surface area contributed by atoms with E-state index in [0.29, 0.717) is 0 Å². The molecule has 4 nitrogen and oxygen atoms in total. The third-order valence-electron chi connectivity index (χ3n) is 3.06. The molecule has 1 atom stereocenters. The molecule has 108 valence electrons. The van der Waals surface area contributed by atoms with E-state index in [9.17, 15) is 0 Å². The van der Waals surface area contributed by atoms with Crippen LogP contribution < -0.4 is 10.1 Å². The minimum absolute atomic E-state index is 0.137. The first-order valence-corrected chi connectivity index (χ1v) is 7.68. The van der Waals surface area contributed by atoms with E-state index in [1.807, 2.05) is 33.0 Å². The average Bonchev–Trinajstić information content (AvgIpc) is 2.89. The van der Waals surface area contributed by atoms with Crippen molar-refractivity contribution >= 4 is 11.5 Å². The van der Waals surface area contributed by atoms with Gasteiger partial charge in [0.15, 0.2) is 0 Å². The number of benzene rings is 1. The summed E-state index contributed by atoms with van der Waals surface area (Å²) in [6, 6.07) is 8.35. The van der Waals surface area contributed by atoms with Crippen LogP contribution in [-0.2, 0) is 6.42 Å². The molecule has 1 heterocycles. The fourth-order valence-electron chi connectivity index (χ4n) is 2.14. The fourth-order valence-corrected chi connectivity index (χ4v) is 3.02. The molecule has 0 bridgehead atoms. The smallest absolute Gasteiger partial charge is 0.119 e. The number of nitrogens with zero attached hydrogens (tertiary/aromatic N) is 2. The average molecular weight is 291 g/mol. The van der Waals surface area contributed by atoms with Crippen molar-refractivity contribution in [1.29, 1.82) is 0 Å². The minimum atomic E-state index is 0.137. The molecule has 5 heteroatoms. The van der Waals surface area contributed by atoms with Gasteiger partial charge in [-0.05, 0) is 56.5 Å². The van der Waals surface area contributed by atoms with Crippen LogP contribution in [0, 0.1) is 0 Å². The number of hydrogen-bond acceptors (Lipinski definition) is 5. The second-order valence-corrected chi connectivity index (χ2v) is 5.68. The molecule has 1 unspecified atom stereocenters. The van der Waals surface area contributed by atoms with Crippen molar-refractivity contribution in [3.05, 3.63) is 40.4 Å². The lowest BCUT2D eigenvalue weighted by molar-refractivity contribution is 0.242. The van der Waals surface area contributed by atoms with Gasteiger partial charge in [-0.25, -0.2) is 0 Å². The van der Waals surface area contributed by atoms with Crippen molar-refractivity contribution in [3.63, 3.8) is 0 Å². The summed E-state index contributed by atoms with van der Waals surface area (Å²) in [4.78, 5) is 1.19. The van der Waals surface area contributed by atoms with Gasteiger partial charge in [0, 0.05) is 0 Å². The predicted octanol–water partition coefficient (Wildman–Crippen LogP) is 3.20. The highest BCUT2D eigenvalue weighted by molar-refractivity contribution is 7.05. The molecule has 0 aliphatic heterocycles. The SMILES string of the molecule is CCc1nnsc1C(NC)c1ccc(OC(C)C)cc1. The summed E-state index contributed by atoms with van der Waals surface area (Å²) in [5.74, 6) is 0.900. The van der Waals surface area contributed by atoms with Gasteiger partial charge in [0.25, 0.3) is 0 Å². The number of nitrogens with one attached hydrogen (secondary N) is 1. The molecule has 0 aliphatic rings. The monoisotopic (exact) mass is 291 g/mol. The summed E-state index contributed by atoms with van der Waals surface area (Å²) in [6.07, 6.45) is 1.09. The Morgan fingerprint density at radius 1 is 1.25 bits per heavy atom. The van der Waals surface area contributed by atoms with Gasteiger partial charge < -0.3 is 10.1 Å². The van der Waals surface area contributed by atoms with Gasteiger partial charge in [0.05, 0.1) is 22.7 Å². The molecule has 0 fully saturated rings. The van der Waals surface area contributed by atoms with Crippen molar-refractivity contribution in [1.82, 2.24) is 14.9 Å². The summed E-state index contributed by atoms with van der Waals surface area (Å²) in [5.41, 5.74) is 2.27. The summed E-state index contributed by atoms with van der Waals surface area (Å²) in [6.45, 7) is 6.16. The topological polar surface area (TPSA) is 47.0 Å². The van der Waals surface area contributed by atoms with E-state index in [1.165, 1.54) is 22.0 Å². The van der Waals surface area contributed by atoms with E-state index in [0.717, 1.165) is 17.9 Å². The zero-order chi connectivity index (χ0) is 14.5. The van der Waals surface area contributed by atoms with Crippen LogP contribution in [0.15, 0.2) is 24.3 Å². The van der Waals surface area contributed by atoms with E-state index in [4.69, 9.17) is 4.74 Å². The summed E-state index contributed by atoms with van der Waals surface area (Å²) >= 11 is 1.46. The normalized spacial score (nSPS) is 12.7. The Hall–Kier alpha value is -1.46. The van der Waals surface area contributed by atoms with Crippen molar-refractivity contribution < 1.29 is 4.74 Å². The maximum atomic E-state index is 5.68. The van der Waals surface area contributed by atoms with Crippen molar-refractivity contribution in [2.45, 2.75) is 39.3 Å². The van der Waals surface area contributed by atoms with Crippen LogP contribution in [0.25, 0.3) is 0 Å². The number of aromatic nitrogens is 2. The third kappa shape index (κ3) is 3.35.